The Kier molecular flexibility index (Phi) is 3.39. The van der Waals surface area contributed by atoms with Crippen LogP contribution in [-0.2, 0) is 23.1 Å². The van der Waals surface area contributed by atoms with Crippen molar-refractivity contribution in [3.05, 3.63) is 12.2 Å². The molecule has 0 aliphatic rings. The molecule has 1 heterocycles. The molecule has 0 aliphatic heterocycles. The predicted molar refractivity (Wildman–Crippen MR) is 44.7 cm³/mol. The minimum Gasteiger partial charge on any atom is -0.468 e. The number of esters is 1. The van der Waals surface area contributed by atoms with E-state index in [0.29, 0.717) is 6.54 Å². The van der Waals surface area contributed by atoms with E-state index in [9.17, 15) is 4.79 Å². The number of hydrogen-bond acceptors (Lipinski definition) is 5. The van der Waals surface area contributed by atoms with Crippen LogP contribution in [0.2, 0.25) is 0 Å². The summed E-state index contributed by atoms with van der Waals surface area (Å²) >= 11 is 0. The summed E-state index contributed by atoms with van der Waals surface area (Å²) in [6.07, 6.45) is 1.61. The summed E-state index contributed by atoms with van der Waals surface area (Å²) in [7, 11) is 3.20. The van der Waals surface area contributed by atoms with Crippen molar-refractivity contribution in [2.75, 3.05) is 13.7 Å². The number of nitrogens with zero attached hydrogens (tertiary/aromatic N) is 3. The van der Waals surface area contributed by atoms with Crippen LogP contribution in [0.5, 0.6) is 0 Å². The van der Waals surface area contributed by atoms with Gasteiger partial charge in [-0.25, -0.2) is 0 Å². The molecule has 0 bridgehead atoms. The van der Waals surface area contributed by atoms with Crippen molar-refractivity contribution in [2.24, 2.45) is 7.05 Å². The Morgan fingerprint density at radius 3 is 3.08 bits per heavy atom. The van der Waals surface area contributed by atoms with Gasteiger partial charge < -0.3 is 9.30 Å². The van der Waals surface area contributed by atoms with Crippen LogP contribution in [0.1, 0.15) is 5.82 Å². The second-order valence-electron chi connectivity index (χ2n) is 2.54. The topological polar surface area (TPSA) is 69.0 Å². The van der Waals surface area contributed by atoms with Crippen LogP contribution < -0.4 is 5.32 Å². The van der Waals surface area contributed by atoms with Gasteiger partial charge in [0.15, 0.2) is 0 Å². The Labute approximate surface area is 75.9 Å². The Bertz CT molecular complexity index is 284. The third-order valence-electron chi connectivity index (χ3n) is 1.59. The van der Waals surface area contributed by atoms with E-state index >= 15 is 0 Å². The van der Waals surface area contributed by atoms with Gasteiger partial charge in [-0.3, -0.25) is 10.1 Å². The third kappa shape index (κ3) is 2.83. The molecule has 0 unspecified atom stereocenters. The number of methoxy groups -OCH3 is 1. The number of hydrogen-bond donors (Lipinski definition) is 1. The van der Waals surface area contributed by atoms with Gasteiger partial charge in [-0.05, 0) is 0 Å². The third-order valence-corrected chi connectivity index (χ3v) is 1.59. The fourth-order valence-corrected chi connectivity index (χ4v) is 0.816. The Balaban J connectivity index is 2.28. The lowest BCUT2D eigenvalue weighted by Gasteiger charge is -2.01. The molecule has 0 atom stereocenters. The highest BCUT2D eigenvalue weighted by Gasteiger charge is 2.02. The SMILES string of the molecule is COC(=O)CNCc1nncn1C. The van der Waals surface area contributed by atoms with E-state index in [0.717, 1.165) is 5.82 Å². The second-order valence-corrected chi connectivity index (χ2v) is 2.54. The monoisotopic (exact) mass is 184 g/mol. The van der Waals surface area contributed by atoms with Crippen LogP contribution >= 0.6 is 0 Å². The maximum atomic E-state index is 10.7. The molecule has 0 aliphatic carbocycles. The number of aromatic nitrogens is 3. The van der Waals surface area contributed by atoms with Gasteiger partial charge in [-0.1, -0.05) is 0 Å². The first-order valence-electron chi connectivity index (χ1n) is 3.84. The van der Waals surface area contributed by atoms with Crippen molar-refractivity contribution < 1.29 is 9.53 Å². The van der Waals surface area contributed by atoms with Crippen molar-refractivity contribution in [1.29, 1.82) is 0 Å². The van der Waals surface area contributed by atoms with Crippen molar-refractivity contribution in [3.8, 4) is 0 Å². The van der Waals surface area contributed by atoms with Crippen molar-refractivity contribution >= 4 is 5.97 Å². The first-order valence-corrected chi connectivity index (χ1v) is 3.84. The lowest BCUT2D eigenvalue weighted by molar-refractivity contribution is -0.139. The van der Waals surface area contributed by atoms with Gasteiger partial charge in [0.2, 0.25) is 0 Å². The van der Waals surface area contributed by atoms with E-state index in [-0.39, 0.29) is 12.5 Å². The lowest BCUT2D eigenvalue weighted by Crippen LogP contribution is -2.24. The molecule has 13 heavy (non-hydrogen) atoms. The fourth-order valence-electron chi connectivity index (χ4n) is 0.816. The zero-order chi connectivity index (χ0) is 9.68. The number of nitrogens with one attached hydrogen (secondary N) is 1. The van der Waals surface area contributed by atoms with Gasteiger partial charge in [0.25, 0.3) is 0 Å². The molecule has 1 aromatic rings. The molecule has 1 rings (SSSR count). The molecular weight excluding hydrogens is 172 g/mol. The van der Waals surface area contributed by atoms with E-state index in [2.05, 4.69) is 20.3 Å². The van der Waals surface area contributed by atoms with Gasteiger partial charge in [0.1, 0.15) is 12.2 Å². The van der Waals surface area contributed by atoms with Gasteiger partial charge in [0.05, 0.1) is 20.2 Å². The van der Waals surface area contributed by atoms with Gasteiger partial charge in [-0.15, -0.1) is 10.2 Å². The summed E-state index contributed by atoms with van der Waals surface area (Å²) in [5.41, 5.74) is 0. The molecular formula is C7H12N4O2. The van der Waals surface area contributed by atoms with E-state index < -0.39 is 0 Å². The second kappa shape index (κ2) is 4.56. The van der Waals surface area contributed by atoms with Crippen LogP contribution in [0.25, 0.3) is 0 Å². The summed E-state index contributed by atoms with van der Waals surface area (Å²) < 4.78 is 6.24. The van der Waals surface area contributed by atoms with E-state index in [1.807, 2.05) is 7.05 Å². The van der Waals surface area contributed by atoms with E-state index in [1.54, 1.807) is 10.9 Å². The summed E-state index contributed by atoms with van der Waals surface area (Å²) in [6, 6.07) is 0. The van der Waals surface area contributed by atoms with Gasteiger partial charge in [-0.2, -0.15) is 0 Å². The maximum Gasteiger partial charge on any atom is 0.319 e. The van der Waals surface area contributed by atoms with Crippen LogP contribution in [0.3, 0.4) is 0 Å². The maximum absolute atomic E-state index is 10.7. The summed E-state index contributed by atoms with van der Waals surface area (Å²) in [5.74, 6) is 0.492. The molecule has 0 saturated heterocycles. The molecule has 1 aromatic heterocycles. The number of carbonyl (C=O) groups excluding carboxylic acids is 1. The largest absolute Gasteiger partial charge is 0.468 e. The minimum atomic E-state index is -0.290. The predicted octanol–water partition coefficient (Wildman–Crippen LogP) is -0.922. The lowest BCUT2D eigenvalue weighted by atomic mass is 10.5. The Morgan fingerprint density at radius 1 is 1.77 bits per heavy atom. The van der Waals surface area contributed by atoms with Crippen LogP contribution in [0.4, 0.5) is 0 Å². The smallest absolute Gasteiger partial charge is 0.319 e. The normalized spacial score (nSPS) is 10.0. The highest BCUT2D eigenvalue weighted by molar-refractivity contribution is 5.71. The molecule has 1 N–H and O–H groups in total. The summed E-state index contributed by atoms with van der Waals surface area (Å²) in [4.78, 5) is 10.7. The number of carbonyl (C=O) groups is 1. The van der Waals surface area contributed by atoms with E-state index in [4.69, 9.17) is 0 Å². The average Bonchev–Trinajstić information content (AvgIpc) is 2.52. The van der Waals surface area contributed by atoms with Crippen LogP contribution in [-0.4, -0.2) is 34.4 Å². The van der Waals surface area contributed by atoms with Gasteiger partial charge >= 0.3 is 5.97 Å². The molecule has 0 spiro atoms. The van der Waals surface area contributed by atoms with Crippen molar-refractivity contribution in [1.82, 2.24) is 20.1 Å². The first kappa shape index (κ1) is 9.66. The zero-order valence-corrected chi connectivity index (χ0v) is 7.65. The molecule has 0 aromatic carbocycles. The molecule has 0 fully saturated rings. The van der Waals surface area contributed by atoms with Crippen LogP contribution in [0, 0.1) is 0 Å². The highest BCUT2D eigenvalue weighted by atomic mass is 16.5. The fraction of sp³-hybridized carbons (Fsp3) is 0.571. The summed E-state index contributed by atoms with van der Waals surface area (Å²) in [5, 5.41) is 10.4. The quantitative estimate of drug-likeness (QED) is 0.613. The van der Waals surface area contributed by atoms with Crippen LogP contribution in [0.15, 0.2) is 6.33 Å². The number of ether oxygens (including phenoxy) is 1. The van der Waals surface area contributed by atoms with E-state index in [1.165, 1.54) is 7.11 Å². The molecule has 0 amide bonds. The molecule has 6 heteroatoms. The average molecular weight is 184 g/mol. The number of rotatable bonds is 4. The molecule has 0 radical (unpaired) electrons. The molecule has 0 saturated carbocycles. The van der Waals surface area contributed by atoms with Crippen molar-refractivity contribution in [3.63, 3.8) is 0 Å². The zero-order valence-electron chi connectivity index (χ0n) is 7.65. The first-order chi connectivity index (χ1) is 6.24. The summed E-state index contributed by atoms with van der Waals surface area (Å²) in [6.45, 7) is 0.689. The Morgan fingerprint density at radius 2 is 2.54 bits per heavy atom. The standard InChI is InChI=1S/C7H12N4O2/c1-11-5-9-10-6(11)3-8-4-7(12)13-2/h5,8H,3-4H2,1-2H3. The molecule has 72 valence electrons. The highest BCUT2D eigenvalue weighted by Crippen LogP contribution is 1.89. The Hall–Kier alpha value is -1.43. The van der Waals surface area contributed by atoms with Gasteiger partial charge in [0, 0.05) is 7.05 Å². The van der Waals surface area contributed by atoms with Crippen molar-refractivity contribution in [2.45, 2.75) is 6.54 Å². The molecule has 6 nitrogen and oxygen atoms in total. The number of aryl methyl sites for hydroxylation is 1. The minimum absolute atomic E-state index is 0.184.